The molecule has 1 heterocycles. The standard InChI is InChI=1S/C12H12Cl2N2O4/c1-19-12(18)15-6-10(17)16(20-2)11(15)8-4-3-7(13)5-9(8)14/h3-5,11H,6H2,1-2H3/t11-/m1/s1. The summed E-state index contributed by atoms with van der Waals surface area (Å²) in [6.45, 7) is -0.149. The highest BCUT2D eigenvalue weighted by atomic mass is 35.5. The molecule has 0 aliphatic carbocycles. The van der Waals surface area contributed by atoms with Crippen LogP contribution in [0, 0.1) is 0 Å². The lowest BCUT2D eigenvalue weighted by molar-refractivity contribution is -0.183. The van der Waals surface area contributed by atoms with E-state index in [9.17, 15) is 9.59 Å². The molecular weight excluding hydrogens is 307 g/mol. The minimum Gasteiger partial charge on any atom is -0.453 e. The fraction of sp³-hybridized carbons (Fsp3) is 0.333. The molecule has 2 rings (SSSR count). The smallest absolute Gasteiger partial charge is 0.411 e. The van der Waals surface area contributed by atoms with Crippen molar-refractivity contribution in [2.24, 2.45) is 0 Å². The van der Waals surface area contributed by atoms with Crippen molar-refractivity contribution in [2.45, 2.75) is 6.17 Å². The Morgan fingerprint density at radius 3 is 2.60 bits per heavy atom. The largest absolute Gasteiger partial charge is 0.453 e. The number of carbonyl (C=O) groups excluding carboxylic acids is 2. The average molecular weight is 319 g/mol. The van der Waals surface area contributed by atoms with Crippen molar-refractivity contribution < 1.29 is 19.2 Å². The van der Waals surface area contributed by atoms with Gasteiger partial charge in [-0.1, -0.05) is 29.3 Å². The molecular formula is C12H12Cl2N2O4. The Hall–Kier alpha value is -1.50. The van der Waals surface area contributed by atoms with Gasteiger partial charge in [-0.05, 0) is 12.1 Å². The number of amides is 2. The summed E-state index contributed by atoms with van der Waals surface area (Å²) >= 11 is 12.0. The first-order valence-corrected chi connectivity index (χ1v) is 6.41. The van der Waals surface area contributed by atoms with Gasteiger partial charge in [-0.3, -0.25) is 14.5 Å². The molecule has 0 bridgehead atoms. The quantitative estimate of drug-likeness (QED) is 0.840. The normalized spacial score (nSPS) is 18.6. The topological polar surface area (TPSA) is 59.1 Å². The van der Waals surface area contributed by atoms with E-state index < -0.39 is 12.3 Å². The minimum absolute atomic E-state index is 0.149. The fourth-order valence-electron chi connectivity index (χ4n) is 2.05. The monoisotopic (exact) mass is 318 g/mol. The van der Waals surface area contributed by atoms with Crippen LogP contribution in [0.25, 0.3) is 0 Å². The van der Waals surface area contributed by atoms with Crippen molar-refractivity contribution in [2.75, 3.05) is 20.8 Å². The highest BCUT2D eigenvalue weighted by Gasteiger charge is 2.43. The number of benzene rings is 1. The van der Waals surface area contributed by atoms with Gasteiger partial charge in [-0.25, -0.2) is 4.79 Å². The van der Waals surface area contributed by atoms with Gasteiger partial charge in [0.15, 0.2) is 6.17 Å². The summed E-state index contributed by atoms with van der Waals surface area (Å²) < 4.78 is 4.67. The van der Waals surface area contributed by atoms with Crippen LogP contribution in [0.5, 0.6) is 0 Å². The molecule has 0 aromatic heterocycles. The molecule has 1 aliphatic rings. The molecule has 8 heteroatoms. The third-order valence-corrected chi connectivity index (χ3v) is 3.48. The van der Waals surface area contributed by atoms with E-state index in [1.165, 1.54) is 25.2 Å². The number of rotatable bonds is 2. The molecule has 0 saturated carbocycles. The summed E-state index contributed by atoms with van der Waals surface area (Å²) in [4.78, 5) is 29.9. The molecule has 1 aliphatic heterocycles. The molecule has 1 saturated heterocycles. The van der Waals surface area contributed by atoms with Crippen LogP contribution in [0.2, 0.25) is 10.0 Å². The van der Waals surface area contributed by atoms with Crippen LogP contribution >= 0.6 is 23.2 Å². The number of hydrogen-bond acceptors (Lipinski definition) is 4. The lowest BCUT2D eigenvalue weighted by atomic mass is 10.1. The van der Waals surface area contributed by atoms with E-state index in [1.807, 2.05) is 0 Å². The van der Waals surface area contributed by atoms with Crippen molar-refractivity contribution in [1.29, 1.82) is 0 Å². The van der Waals surface area contributed by atoms with Gasteiger partial charge in [-0.2, -0.15) is 5.06 Å². The summed E-state index contributed by atoms with van der Waals surface area (Å²) in [6, 6.07) is 4.79. The summed E-state index contributed by atoms with van der Waals surface area (Å²) in [5.74, 6) is -0.367. The van der Waals surface area contributed by atoms with Gasteiger partial charge in [0.1, 0.15) is 6.54 Å². The first kappa shape index (κ1) is 14.9. The van der Waals surface area contributed by atoms with Gasteiger partial charge in [0.25, 0.3) is 5.91 Å². The third kappa shape index (κ3) is 2.54. The first-order chi connectivity index (χ1) is 9.49. The van der Waals surface area contributed by atoms with Crippen molar-refractivity contribution in [3.8, 4) is 0 Å². The number of ether oxygens (including phenoxy) is 1. The summed E-state index contributed by atoms with van der Waals surface area (Å²) in [5.41, 5.74) is 0.522. The highest BCUT2D eigenvalue weighted by Crippen LogP contribution is 2.36. The maximum Gasteiger partial charge on any atom is 0.411 e. The molecule has 2 amide bonds. The van der Waals surface area contributed by atoms with E-state index in [4.69, 9.17) is 28.0 Å². The minimum atomic E-state index is -0.787. The van der Waals surface area contributed by atoms with Gasteiger partial charge < -0.3 is 4.74 Å². The maximum atomic E-state index is 11.9. The van der Waals surface area contributed by atoms with Crippen LogP contribution in [0.3, 0.4) is 0 Å². The zero-order chi connectivity index (χ0) is 14.9. The van der Waals surface area contributed by atoms with Crippen LogP contribution in [-0.2, 0) is 14.4 Å². The second kappa shape index (κ2) is 5.87. The second-order valence-corrected chi connectivity index (χ2v) is 4.88. The van der Waals surface area contributed by atoms with Crippen LogP contribution in [0.15, 0.2) is 18.2 Å². The SMILES string of the molecule is COC(=O)N1CC(=O)N(OC)[C@@H]1c1ccc(Cl)cc1Cl. The van der Waals surface area contributed by atoms with Crippen molar-refractivity contribution in [1.82, 2.24) is 9.96 Å². The molecule has 1 atom stereocenters. The van der Waals surface area contributed by atoms with E-state index in [-0.39, 0.29) is 12.5 Å². The predicted molar refractivity (Wildman–Crippen MR) is 72.2 cm³/mol. The van der Waals surface area contributed by atoms with E-state index in [0.717, 1.165) is 5.06 Å². The fourth-order valence-corrected chi connectivity index (χ4v) is 2.56. The number of halogens is 2. The van der Waals surface area contributed by atoms with E-state index >= 15 is 0 Å². The maximum absolute atomic E-state index is 11.9. The molecule has 1 fully saturated rings. The zero-order valence-electron chi connectivity index (χ0n) is 10.8. The van der Waals surface area contributed by atoms with E-state index in [0.29, 0.717) is 15.6 Å². The van der Waals surface area contributed by atoms with Crippen molar-refractivity contribution in [3.63, 3.8) is 0 Å². The molecule has 1 aromatic carbocycles. The van der Waals surface area contributed by atoms with Crippen molar-refractivity contribution >= 4 is 35.2 Å². The van der Waals surface area contributed by atoms with Gasteiger partial charge in [0.05, 0.1) is 14.2 Å². The van der Waals surface area contributed by atoms with Gasteiger partial charge in [0.2, 0.25) is 0 Å². The van der Waals surface area contributed by atoms with Crippen molar-refractivity contribution in [3.05, 3.63) is 33.8 Å². The molecule has 0 unspecified atom stereocenters. The summed E-state index contributed by atoms with van der Waals surface area (Å²) in [5, 5.41) is 1.86. The zero-order valence-corrected chi connectivity index (χ0v) is 12.3. The Balaban J connectivity index is 2.46. The molecule has 0 radical (unpaired) electrons. The third-order valence-electron chi connectivity index (χ3n) is 2.92. The number of methoxy groups -OCH3 is 1. The molecule has 1 aromatic rings. The number of hydroxylamine groups is 2. The van der Waals surface area contributed by atoms with Crippen LogP contribution < -0.4 is 0 Å². The Morgan fingerprint density at radius 2 is 2.05 bits per heavy atom. The Bertz CT molecular complexity index is 550. The number of nitrogens with zero attached hydrogens (tertiary/aromatic N) is 2. The van der Waals surface area contributed by atoms with E-state index in [1.54, 1.807) is 12.1 Å². The molecule has 0 spiro atoms. The predicted octanol–water partition coefficient (Wildman–Crippen LogP) is 2.46. The summed E-state index contributed by atoms with van der Waals surface area (Å²) in [6.07, 6.45) is -1.43. The van der Waals surface area contributed by atoms with Crippen LogP contribution in [0.4, 0.5) is 4.79 Å². The van der Waals surface area contributed by atoms with Gasteiger partial charge >= 0.3 is 6.09 Å². The molecule has 20 heavy (non-hydrogen) atoms. The Kier molecular flexibility index (Phi) is 4.37. The number of carbonyl (C=O) groups is 2. The van der Waals surface area contributed by atoms with E-state index in [2.05, 4.69) is 4.74 Å². The van der Waals surface area contributed by atoms with Gasteiger partial charge in [-0.15, -0.1) is 0 Å². The van der Waals surface area contributed by atoms with Crippen LogP contribution in [-0.4, -0.2) is 42.7 Å². The second-order valence-electron chi connectivity index (χ2n) is 4.04. The first-order valence-electron chi connectivity index (χ1n) is 5.65. The summed E-state index contributed by atoms with van der Waals surface area (Å²) in [7, 11) is 2.58. The molecule has 0 N–H and O–H groups in total. The Labute approximate surface area is 125 Å². The molecule has 108 valence electrons. The lowest BCUT2D eigenvalue weighted by Crippen LogP contribution is -2.35. The van der Waals surface area contributed by atoms with Gasteiger partial charge in [0, 0.05) is 15.6 Å². The van der Waals surface area contributed by atoms with Crippen LogP contribution in [0.1, 0.15) is 11.7 Å². The Morgan fingerprint density at radius 1 is 1.35 bits per heavy atom. The highest BCUT2D eigenvalue weighted by molar-refractivity contribution is 6.35. The number of hydrogen-bond donors (Lipinski definition) is 0. The average Bonchev–Trinajstić information content (AvgIpc) is 2.74. The molecule has 6 nitrogen and oxygen atoms in total. The lowest BCUT2D eigenvalue weighted by Gasteiger charge is -2.28.